The number of aromatic nitrogens is 3. The molecule has 0 aliphatic rings. The Morgan fingerprint density at radius 2 is 1.77 bits per heavy atom. The van der Waals surface area contributed by atoms with Gasteiger partial charge in [0.05, 0.1) is 16.6 Å². The molecule has 2 radical (unpaired) electrons. The first kappa shape index (κ1) is 16.3. The molecule has 4 nitrogen and oxygen atoms in total. The Bertz CT molecular complexity index is 1090. The first-order chi connectivity index (χ1) is 12.6. The number of fused-ring (bicyclic) bond motifs is 1. The van der Waals surface area contributed by atoms with Gasteiger partial charge in [-0.05, 0) is 30.7 Å². The van der Waals surface area contributed by atoms with Gasteiger partial charge in [-0.2, -0.15) is 0 Å². The zero-order valence-electron chi connectivity index (χ0n) is 14.3. The van der Waals surface area contributed by atoms with E-state index in [0.717, 1.165) is 11.3 Å². The molecule has 0 spiro atoms. The van der Waals surface area contributed by atoms with Crippen LogP contribution < -0.4 is 11.0 Å². The fraction of sp³-hybridized carbons (Fsp3) is 0.0952. The van der Waals surface area contributed by atoms with Crippen LogP contribution in [0.2, 0.25) is 0 Å². The van der Waals surface area contributed by atoms with Crippen LogP contribution in [0.3, 0.4) is 0 Å². The van der Waals surface area contributed by atoms with Crippen molar-refractivity contribution in [1.82, 2.24) is 14.5 Å². The van der Waals surface area contributed by atoms with Crippen LogP contribution in [0.4, 0.5) is 0 Å². The molecular formula is C21H16BN3O. The van der Waals surface area contributed by atoms with E-state index in [2.05, 4.69) is 9.97 Å². The van der Waals surface area contributed by atoms with E-state index < -0.39 is 0 Å². The quantitative estimate of drug-likeness (QED) is 0.540. The van der Waals surface area contributed by atoms with Gasteiger partial charge in [-0.3, -0.25) is 14.3 Å². The third-order valence-corrected chi connectivity index (χ3v) is 4.44. The maximum Gasteiger partial charge on any atom is 0.262 e. The number of aryl methyl sites for hydroxylation is 1. The van der Waals surface area contributed by atoms with Gasteiger partial charge in [-0.25, -0.2) is 4.98 Å². The van der Waals surface area contributed by atoms with Gasteiger partial charge < -0.3 is 0 Å². The molecule has 1 atom stereocenters. The Morgan fingerprint density at radius 3 is 2.50 bits per heavy atom. The van der Waals surface area contributed by atoms with E-state index in [1.807, 2.05) is 55.5 Å². The summed E-state index contributed by atoms with van der Waals surface area (Å²) < 4.78 is 1.69. The van der Waals surface area contributed by atoms with Gasteiger partial charge in [0.2, 0.25) is 0 Å². The molecular weight excluding hydrogens is 321 g/mol. The Labute approximate surface area is 152 Å². The molecule has 5 heteroatoms. The molecule has 2 aromatic heterocycles. The van der Waals surface area contributed by atoms with Crippen molar-refractivity contribution in [3.8, 4) is 0 Å². The van der Waals surface area contributed by atoms with Crippen molar-refractivity contribution in [2.45, 2.75) is 13.0 Å². The van der Waals surface area contributed by atoms with Gasteiger partial charge in [-0.1, -0.05) is 54.0 Å². The lowest BCUT2D eigenvalue weighted by Gasteiger charge is -2.22. The second kappa shape index (κ2) is 6.60. The molecule has 2 heterocycles. The summed E-state index contributed by atoms with van der Waals surface area (Å²) in [7, 11) is 5.89. The van der Waals surface area contributed by atoms with E-state index in [9.17, 15) is 4.79 Å². The molecule has 0 N–H and O–H groups in total. The van der Waals surface area contributed by atoms with Crippen LogP contribution in [0.25, 0.3) is 10.9 Å². The summed E-state index contributed by atoms with van der Waals surface area (Å²) in [6.45, 7) is 1.84. The van der Waals surface area contributed by atoms with Gasteiger partial charge in [0.1, 0.15) is 19.7 Å². The van der Waals surface area contributed by atoms with Gasteiger partial charge in [0.15, 0.2) is 0 Å². The molecule has 0 saturated heterocycles. The number of hydrogen-bond acceptors (Lipinski definition) is 3. The van der Waals surface area contributed by atoms with E-state index in [0.29, 0.717) is 22.2 Å². The average molecular weight is 337 g/mol. The number of nitrogens with zero attached hydrogens (tertiary/aromatic N) is 3. The van der Waals surface area contributed by atoms with Crippen LogP contribution in [0, 0.1) is 6.92 Å². The van der Waals surface area contributed by atoms with Crippen LogP contribution >= 0.6 is 0 Å². The van der Waals surface area contributed by atoms with E-state index in [1.165, 1.54) is 0 Å². The second-order valence-corrected chi connectivity index (χ2v) is 6.18. The van der Waals surface area contributed by atoms with Crippen LogP contribution in [0.1, 0.15) is 23.1 Å². The summed E-state index contributed by atoms with van der Waals surface area (Å²) in [6.07, 6.45) is 1.73. The Balaban J connectivity index is 2.05. The van der Waals surface area contributed by atoms with Crippen molar-refractivity contribution in [1.29, 1.82) is 0 Å². The summed E-state index contributed by atoms with van der Waals surface area (Å²) in [5.41, 5.74) is 2.82. The largest absolute Gasteiger partial charge is 0.283 e. The van der Waals surface area contributed by atoms with Crippen LogP contribution in [0.5, 0.6) is 0 Å². The van der Waals surface area contributed by atoms with Gasteiger partial charge in [0, 0.05) is 6.20 Å². The summed E-state index contributed by atoms with van der Waals surface area (Å²) in [5, 5.41) is 0.507. The molecule has 26 heavy (non-hydrogen) atoms. The molecule has 124 valence electrons. The topological polar surface area (TPSA) is 47.8 Å². The molecule has 0 amide bonds. The van der Waals surface area contributed by atoms with Crippen LogP contribution in [-0.2, 0) is 0 Å². The lowest BCUT2D eigenvalue weighted by atomic mass is 9.95. The van der Waals surface area contributed by atoms with E-state index in [1.54, 1.807) is 29.0 Å². The highest BCUT2D eigenvalue weighted by Crippen LogP contribution is 2.25. The van der Waals surface area contributed by atoms with E-state index in [-0.39, 0.29) is 11.6 Å². The van der Waals surface area contributed by atoms with E-state index in [4.69, 9.17) is 7.85 Å². The van der Waals surface area contributed by atoms with Crippen molar-refractivity contribution in [3.05, 3.63) is 100 Å². The molecule has 4 aromatic rings. The molecule has 0 aliphatic carbocycles. The first-order valence-electron chi connectivity index (χ1n) is 8.39. The molecule has 4 rings (SSSR count). The zero-order valence-corrected chi connectivity index (χ0v) is 14.3. The SMILES string of the molecule is [B]c1ccc2nc(C)n(C(c3ccccc3)c3ccccn3)c(=O)c2c1. The number of pyridine rings is 1. The number of benzene rings is 2. The van der Waals surface area contributed by atoms with Crippen molar-refractivity contribution in [2.24, 2.45) is 0 Å². The normalized spacial score (nSPS) is 12.2. The number of rotatable bonds is 3. The molecule has 2 aromatic carbocycles. The fourth-order valence-electron chi connectivity index (χ4n) is 3.26. The lowest BCUT2D eigenvalue weighted by Crippen LogP contribution is -2.30. The minimum atomic E-state index is -0.358. The molecule has 0 fully saturated rings. The second-order valence-electron chi connectivity index (χ2n) is 6.18. The van der Waals surface area contributed by atoms with E-state index >= 15 is 0 Å². The highest BCUT2D eigenvalue weighted by atomic mass is 16.1. The molecule has 1 unspecified atom stereocenters. The van der Waals surface area contributed by atoms with Gasteiger partial charge in [-0.15, -0.1) is 0 Å². The number of hydrogen-bond donors (Lipinski definition) is 0. The summed E-state index contributed by atoms with van der Waals surface area (Å²) in [6, 6.07) is 20.4. The highest BCUT2D eigenvalue weighted by Gasteiger charge is 2.22. The predicted molar refractivity (Wildman–Crippen MR) is 104 cm³/mol. The third-order valence-electron chi connectivity index (χ3n) is 4.44. The van der Waals surface area contributed by atoms with Crippen molar-refractivity contribution < 1.29 is 0 Å². The summed E-state index contributed by atoms with van der Waals surface area (Å²) in [5.74, 6) is 0.631. The molecule has 0 aliphatic heterocycles. The molecule has 0 saturated carbocycles. The molecule has 0 bridgehead atoms. The summed E-state index contributed by atoms with van der Waals surface area (Å²) in [4.78, 5) is 22.5. The third kappa shape index (κ3) is 2.82. The Hall–Kier alpha value is -3.21. The average Bonchev–Trinajstić information content (AvgIpc) is 2.67. The zero-order chi connectivity index (χ0) is 18.1. The standard InChI is InChI=1S/C21H16BN3O/c1-14-24-18-11-10-16(22)13-17(18)21(26)25(14)20(15-7-3-2-4-8-15)19-9-5-6-12-23-19/h2-13,20H,1H3. The van der Waals surface area contributed by atoms with Crippen molar-refractivity contribution in [2.75, 3.05) is 0 Å². The maximum atomic E-state index is 13.3. The minimum absolute atomic E-state index is 0.126. The predicted octanol–water partition coefficient (Wildman–Crippen LogP) is 2.53. The lowest BCUT2D eigenvalue weighted by molar-refractivity contribution is 0.605. The maximum absolute atomic E-state index is 13.3. The monoisotopic (exact) mass is 337 g/mol. The van der Waals surface area contributed by atoms with Crippen molar-refractivity contribution >= 4 is 24.2 Å². The van der Waals surface area contributed by atoms with Crippen molar-refractivity contribution in [3.63, 3.8) is 0 Å². The van der Waals surface area contributed by atoms with Gasteiger partial charge in [0.25, 0.3) is 5.56 Å². The Kier molecular flexibility index (Phi) is 4.13. The van der Waals surface area contributed by atoms with Crippen LogP contribution in [0.15, 0.2) is 77.7 Å². The van der Waals surface area contributed by atoms with Crippen LogP contribution in [-0.4, -0.2) is 22.4 Å². The fourth-order valence-corrected chi connectivity index (χ4v) is 3.26. The van der Waals surface area contributed by atoms with Gasteiger partial charge >= 0.3 is 0 Å². The minimum Gasteiger partial charge on any atom is -0.283 e. The summed E-state index contributed by atoms with van der Waals surface area (Å²) >= 11 is 0. The smallest absolute Gasteiger partial charge is 0.262 e. The first-order valence-corrected chi connectivity index (χ1v) is 8.39. The highest BCUT2D eigenvalue weighted by molar-refractivity contribution is 6.33. The Morgan fingerprint density at radius 1 is 1.00 bits per heavy atom.